The van der Waals surface area contributed by atoms with Crippen LogP contribution in [-0.2, 0) is 13.1 Å². The molecule has 5 heteroatoms. The van der Waals surface area contributed by atoms with Crippen molar-refractivity contribution in [2.24, 2.45) is 0 Å². The fourth-order valence-electron chi connectivity index (χ4n) is 2.90. The second-order valence-corrected chi connectivity index (χ2v) is 6.94. The van der Waals surface area contributed by atoms with Crippen LogP contribution in [0.2, 0.25) is 10.0 Å². The molecule has 1 saturated heterocycles. The molecule has 0 saturated carbocycles. The number of nitrogens with zero attached hydrogens (tertiary/aromatic N) is 1. The molecular weight excluding hydrogens is 343 g/mol. The predicted octanol–water partition coefficient (Wildman–Crippen LogP) is 4.52. The number of halogens is 2. The van der Waals surface area contributed by atoms with Gasteiger partial charge in [0.25, 0.3) is 5.91 Å². The van der Waals surface area contributed by atoms with Crippen LogP contribution in [0.3, 0.4) is 0 Å². The summed E-state index contributed by atoms with van der Waals surface area (Å²) in [7, 11) is 0. The number of hydrogen-bond acceptors (Lipinski definition) is 2. The molecule has 0 aromatic heterocycles. The number of carbonyl (C=O) groups is 1. The zero-order valence-electron chi connectivity index (χ0n) is 13.4. The summed E-state index contributed by atoms with van der Waals surface area (Å²) in [5, 5.41) is 4.04. The second-order valence-electron chi connectivity index (χ2n) is 6.10. The van der Waals surface area contributed by atoms with Crippen molar-refractivity contribution in [1.82, 2.24) is 10.2 Å². The van der Waals surface area contributed by atoms with Crippen molar-refractivity contribution in [3.05, 3.63) is 69.2 Å². The zero-order valence-corrected chi connectivity index (χ0v) is 14.9. The summed E-state index contributed by atoms with van der Waals surface area (Å²) in [6, 6.07) is 13.1. The summed E-state index contributed by atoms with van der Waals surface area (Å²) in [5.74, 6) is -0.103. The van der Waals surface area contributed by atoms with Gasteiger partial charge in [0.1, 0.15) is 0 Å². The first-order valence-electron chi connectivity index (χ1n) is 8.15. The standard InChI is InChI=1S/C19H20Cl2N2O/c20-17-8-7-16(18(21)11-17)12-22-19(24)15-5-3-14(4-6-15)13-23-9-1-2-10-23/h3-8,11H,1-2,9-10,12-13H2,(H,22,24). The molecule has 0 unspecified atom stereocenters. The lowest BCUT2D eigenvalue weighted by Crippen LogP contribution is -2.23. The molecule has 3 nitrogen and oxygen atoms in total. The van der Waals surface area contributed by atoms with Crippen molar-refractivity contribution in [3.8, 4) is 0 Å². The van der Waals surface area contributed by atoms with Crippen LogP contribution in [0.25, 0.3) is 0 Å². The van der Waals surface area contributed by atoms with Crippen LogP contribution in [-0.4, -0.2) is 23.9 Å². The molecule has 0 aliphatic carbocycles. The quantitative estimate of drug-likeness (QED) is 0.847. The van der Waals surface area contributed by atoms with Gasteiger partial charge in [0.05, 0.1) is 0 Å². The molecule has 0 bridgehead atoms. The van der Waals surface area contributed by atoms with Crippen LogP contribution >= 0.6 is 23.2 Å². The molecule has 3 rings (SSSR count). The first-order chi connectivity index (χ1) is 11.6. The Bertz CT molecular complexity index is 710. The van der Waals surface area contributed by atoms with E-state index in [2.05, 4.69) is 10.2 Å². The molecule has 1 fully saturated rings. The lowest BCUT2D eigenvalue weighted by molar-refractivity contribution is 0.0951. The van der Waals surface area contributed by atoms with E-state index in [1.54, 1.807) is 12.1 Å². The summed E-state index contributed by atoms with van der Waals surface area (Å²) in [6.45, 7) is 3.68. The van der Waals surface area contributed by atoms with Crippen molar-refractivity contribution in [3.63, 3.8) is 0 Å². The van der Waals surface area contributed by atoms with E-state index in [9.17, 15) is 4.79 Å². The highest BCUT2D eigenvalue weighted by Gasteiger charge is 2.12. The SMILES string of the molecule is O=C(NCc1ccc(Cl)cc1Cl)c1ccc(CN2CCCC2)cc1. The first-order valence-corrected chi connectivity index (χ1v) is 8.91. The molecule has 1 amide bonds. The molecule has 1 aliphatic rings. The van der Waals surface area contributed by atoms with Gasteiger partial charge in [-0.2, -0.15) is 0 Å². The van der Waals surface area contributed by atoms with Gasteiger partial charge in [-0.25, -0.2) is 0 Å². The highest BCUT2D eigenvalue weighted by atomic mass is 35.5. The van der Waals surface area contributed by atoms with Crippen molar-refractivity contribution < 1.29 is 4.79 Å². The number of carbonyl (C=O) groups excluding carboxylic acids is 1. The highest BCUT2D eigenvalue weighted by molar-refractivity contribution is 6.35. The fourth-order valence-corrected chi connectivity index (χ4v) is 3.38. The van der Waals surface area contributed by atoms with Crippen molar-refractivity contribution in [1.29, 1.82) is 0 Å². The minimum Gasteiger partial charge on any atom is -0.348 e. The Morgan fingerprint density at radius 1 is 1.04 bits per heavy atom. The molecule has 0 atom stereocenters. The maximum Gasteiger partial charge on any atom is 0.251 e. The zero-order chi connectivity index (χ0) is 16.9. The Kier molecular flexibility index (Phi) is 5.77. The molecule has 0 radical (unpaired) electrons. The van der Waals surface area contributed by atoms with Crippen LogP contribution in [0, 0.1) is 0 Å². The van der Waals surface area contributed by atoms with Gasteiger partial charge in [-0.15, -0.1) is 0 Å². The molecule has 1 heterocycles. The van der Waals surface area contributed by atoms with E-state index >= 15 is 0 Å². The van der Waals surface area contributed by atoms with Crippen molar-refractivity contribution in [2.45, 2.75) is 25.9 Å². The Morgan fingerprint density at radius 3 is 2.42 bits per heavy atom. The second kappa shape index (κ2) is 8.02. The van der Waals surface area contributed by atoms with Gasteiger partial charge in [-0.3, -0.25) is 9.69 Å². The van der Waals surface area contributed by atoms with E-state index < -0.39 is 0 Å². The normalized spacial score (nSPS) is 14.8. The third kappa shape index (κ3) is 4.50. The monoisotopic (exact) mass is 362 g/mol. The largest absolute Gasteiger partial charge is 0.348 e. The van der Waals surface area contributed by atoms with Crippen molar-refractivity contribution in [2.75, 3.05) is 13.1 Å². The molecule has 126 valence electrons. The van der Waals surface area contributed by atoms with Crippen LogP contribution in [0.15, 0.2) is 42.5 Å². The molecule has 0 spiro atoms. The average Bonchev–Trinajstić information content (AvgIpc) is 3.07. The Balaban J connectivity index is 1.56. The van der Waals surface area contributed by atoms with Crippen LogP contribution in [0.5, 0.6) is 0 Å². The fraction of sp³-hybridized carbons (Fsp3) is 0.316. The van der Waals surface area contributed by atoms with Crippen LogP contribution in [0.1, 0.15) is 34.3 Å². The van der Waals surface area contributed by atoms with Gasteiger partial charge < -0.3 is 5.32 Å². The Hall–Kier alpha value is -1.55. The minimum absolute atomic E-state index is 0.103. The smallest absolute Gasteiger partial charge is 0.251 e. The van der Waals surface area contributed by atoms with Crippen LogP contribution in [0.4, 0.5) is 0 Å². The van der Waals surface area contributed by atoms with Crippen LogP contribution < -0.4 is 5.32 Å². The maximum atomic E-state index is 12.3. The molecule has 2 aromatic rings. The Morgan fingerprint density at radius 2 is 1.75 bits per heavy atom. The number of benzene rings is 2. The molecule has 24 heavy (non-hydrogen) atoms. The first kappa shape index (κ1) is 17.3. The summed E-state index contributed by atoms with van der Waals surface area (Å²) in [5.41, 5.74) is 2.75. The maximum absolute atomic E-state index is 12.3. The molecule has 2 aromatic carbocycles. The van der Waals surface area contributed by atoms with Gasteiger partial charge in [-0.05, 0) is 61.3 Å². The predicted molar refractivity (Wildman–Crippen MR) is 98.6 cm³/mol. The van der Waals surface area contributed by atoms with E-state index in [0.29, 0.717) is 22.2 Å². The number of rotatable bonds is 5. The van der Waals surface area contributed by atoms with Gasteiger partial charge >= 0.3 is 0 Å². The summed E-state index contributed by atoms with van der Waals surface area (Å²) in [6.07, 6.45) is 2.57. The lowest BCUT2D eigenvalue weighted by Gasteiger charge is -2.14. The third-order valence-electron chi connectivity index (χ3n) is 4.28. The summed E-state index contributed by atoms with van der Waals surface area (Å²) in [4.78, 5) is 14.7. The molecule has 1 N–H and O–H groups in total. The lowest BCUT2D eigenvalue weighted by atomic mass is 10.1. The Labute approximate surface area is 152 Å². The third-order valence-corrected chi connectivity index (χ3v) is 4.86. The number of nitrogens with one attached hydrogen (secondary N) is 1. The summed E-state index contributed by atoms with van der Waals surface area (Å²) >= 11 is 12.0. The van der Waals surface area contributed by atoms with E-state index in [0.717, 1.165) is 12.1 Å². The average molecular weight is 363 g/mol. The molecule has 1 aliphatic heterocycles. The van der Waals surface area contributed by atoms with Crippen molar-refractivity contribution >= 4 is 29.1 Å². The minimum atomic E-state index is -0.103. The van der Waals surface area contributed by atoms with Gasteiger partial charge in [-0.1, -0.05) is 41.4 Å². The number of amides is 1. The van der Waals surface area contributed by atoms with Gasteiger partial charge in [0, 0.05) is 28.7 Å². The van der Waals surface area contributed by atoms with E-state index in [4.69, 9.17) is 23.2 Å². The highest BCUT2D eigenvalue weighted by Crippen LogP contribution is 2.21. The number of likely N-dealkylation sites (tertiary alicyclic amines) is 1. The van der Waals surface area contributed by atoms with E-state index in [-0.39, 0.29) is 5.91 Å². The van der Waals surface area contributed by atoms with Gasteiger partial charge in [0.2, 0.25) is 0 Å². The molecular formula is C19H20Cl2N2O. The van der Waals surface area contributed by atoms with E-state index in [1.807, 2.05) is 30.3 Å². The number of hydrogen-bond donors (Lipinski definition) is 1. The van der Waals surface area contributed by atoms with Gasteiger partial charge in [0.15, 0.2) is 0 Å². The topological polar surface area (TPSA) is 32.3 Å². The van der Waals surface area contributed by atoms with E-state index in [1.165, 1.54) is 31.5 Å². The summed E-state index contributed by atoms with van der Waals surface area (Å²) < 4.78 is 0.